The van der Waals surface area contributed by atoms with E-state index in [4.69, 9.17) is 0 Å². The van der Waals surface area contributed by atoms with E-state index in [0.717, 1.165) is 44.7 Å². The first-order chi connectivity index (χ1) is 11.2. The van der Waals surface area contributed by atoms with E-state index in [-0.39, 0.29) is 18.0 Å². The first-order valence-electron chi connectivity index (χ1n) is 8.17. The van der Waals surface area contributed by atoms with E-state index < -0.39 is 0 Å². The van der Waals surface area contributed by atoms with Crippen molar-refractivity contribution in [3.63, 3.8) is 0 Å². The van der Waals surface area contributed by atoms with E-state index >= 15 is 0 Å². The molecule has 7 heteroatoms. The topological polar surface area (TPSA) is 63.1 Å². The van der Waals surface area contributed by atoms with Gasteiger partial charge in [-0.15, -0.1) is 11.3 Å². The van der Waals surface area contributed by atoms with Gasteiger partial charge in [-0.1, -0.05) is 0 Å². The molecular formula is C16H21N5OS. The number of carbonyl (C=O) groups excluding carboxylic acids is 1. The molecule has 0 aromatic carbocycles. The molecule has 4 rings (SSSR count). The van der Waals surface area contributed by atoms with Gasteiger partial charge in [0, 0.05) is 30.4 Å². The van der Waals surface area contributed by atoms with Crippen LogP contribution in [0.1, 0.15) is 29.6 Å². The van der Waals surface area contributed by atoms with Crippen molar-refractivity contribution in [1.29, 1.82) is 0 Å². The highest BCUT2D eigenvalue weighted by atomic mass is 32.1. The van der Waals surface area contributed by atoms with E-state index in [1.165, 1.54) is 10.4 Å². The highest BCUT2D eigenvalue weighted by molar-refractivity contribution is 7.10. The van der Waals surface area contributed by atoms with Gasteiger partial charge in [0.25, 0.3) is 0 Å². The van der Waals surface area contributed by atoms with Crippen LogP contribution in [0, 0.1) is 0 Å². The minimum atomic E-state index is -0.162. The molecule has 0 saturated carbocycles. The van der Waals surface area contributed by atoms with Gasteiger partial charge >= 0.3 is 0 Å². The zero-order valence-electron chi connectivity index (χ0n) is 13.2. The Kier molecular flexibility index (Phi) is 3.90. The minimum Gasteiger partial charge on any atom is -0.337 e. The molecule has 122 valence electrons. The van der Waals surface area contributed by atoms with Crippen LogP contribution >= 0.6 is 11.3 Å². The van der Waals surface area contributed by atoms with E-state index in [9.17, 15) is 4.79 Å². The van der Waals surface area contributed by atoms with Crippen LogP contribution in [0.15, 0.2) is 17.8 Å². The van der Waals surface area contributed by atoms with Gasteiger partial charge < -0.3 is 10.2 Å². The Labute approximate surface area is 139 Å². The molecule has 2 aromatic heterocycles. The SMILES string of the molecule is C[C@H](N[C@H]1CCc2ncnn2C1)C(=O)N1CCc2sccc2C1. The minimum absolute atomic E-state index is 0.162. The lowest BCUT2D eigenvalue weighted by Gasteiger charge is -2.32. The van der Waals surface area contributed by atoms with Crippen LogP contribution in [0.2, 0.25) is 0 Å². The average molecular weight is 331 g/mol. The van der Waals surface area contributed by atoms with Gasteiger partial charge in [0.2, 0.25) is 5.91 Å². The Morgan fingerprint density at radius 1 is 1.48 bits per heavy atom. The fourth-order valence-corrected chi connectivity index (χ4v) is 4.40. The highest BCUT2D eigenvalue weighted by Gasteiger charge is 2.28. The number of amides is 1. The Morgan fingerprint density at radius 3 is 3.30 bits per heavy atom. The number of rotatable bonds is 3. The molecule has 2 aromatic rings. The molecule has 2 aliphatic rings. The summed E-state index contributed by atoms with van der Waals surface area (Å²) in [6.07, 6.45) is 4.52. The third-order valence-corrected chi connectivity index (χ3v) is 5.80. The second kappa shape index (κ2) is 6.05. The summed E-state index contributed by atoms with van der Waals surface area (Å²) in [5.41, 5.74) is 1.31. The quantitative estimate of drug-likeness (QED) is 0.918. The van der Waals surface area contributed by atoms with Gasteiger partial charge in [-0.3, -0.25) is 4.79 Å². The van der Waals surface area contributed by atoms with Crippen LogP contribution in [-0.2, 0) is 30.7 Å². The van der Waals surface area contributed by atoms with Crippen molar-refractivity contribution in [2.24, 2.45) is 0 Å². The smallest absolute Gasteiger partial charge is 0.239 e. The van der Waals surface area contributed by atoms with Gasteiger partial charge in [-0.2, -0.15) is 5.10 Å². The van der Waals surface area contributed by atoms with E-state index in [1.807, 2.05) is 16.5 Å². The molecule has 1 amide bonds. The third-order valence-electron chi connectivity index (χ3n) is 4.78. The zero-order chi connectivity index (χ0) is 15.8. The van der Waals surface area contributed by atoms with Crippen LogP contribution < -0.4 is 5.32 Å². The van der Waals surface area contributed by atoms with Crippen molar-refractivity contribution in [3.05, 3.63) is 34.0 Å². The molecule has 0 unspecified atom stereocenters. The third kappa shape index (κ3) is 2.90. The number of aromatic nitrogens is 3. The fourth-order valence-electron chi connectivity index (χ4n) is 3.51. The lowest BCUT2D eigenvalue weighted by molar-refractivity contribution is -0.134. The second-order valence-electron chi connectivity index (χ2n) is 6.36. The predicted octanol–water partition coefficient (Wildman–Crippen LogP) is 1.22. The zero-order valence-corrected chi connectivity index (χ0v) is 14.1. The standard InChI is InChI=1S/C16H21N5OS/c1-11(19-13-2-3-15-17-10-18-21(15)9-13)16(22)20-6-4-14-12(8-20)5-7-23-14/h5,7,10-11,13,19H,2-4,6,8-9H2,1H3/t11-,13-/m0/s1. The summed E-state index contributed by atoms with van der Waals surface area (Å²) in [5, 5.41) is 9.85. The lowest BCUT2D eigenvalue weighted by Crippen LogP contribution is -2.51. The average Bonchev–Trinajstić information content (AvgIpc) is 3.21. The number of nitrogens with zero attached hydrogens (tertiary/aromatic N) is 4. The van der Waals surface area contributed by atoms with Crippen molar-refractivity contribution in [2.75, 3.05) is 6.54 Å². The van der Waals surface area contributed by atoms with Crippen molar-refractivity contribution in [2.45, 2.75) is 51.4 Å². The first-order valence-corrected chi connectivity index (χ1v) is 9.05. The molecule has 6 nitrogen and oxygen atoms in total. The molecule has 0 aliphatic carbocycles. The Morgan fingerprint density at radius 2 is 2.39 bits per heavy atom. The first kappa shape index (κ1) is 14.8. The predicted molar refractivity (Wildman–Crippen MR) is 88.2 cm³/mol. The van der Waals surface area contributed by atoms with Crippen molar-refractivity contribution >= 4 is 17.2 Å². The van der Waals surface area contributed by atoms with Crippen molar-refractivity contribution < 1.29 is 4.79 Å². The molecule has 4 heterocycles. The van der Waals surface area contributed by atoms with Crippen LogP contribution in [0.25, 0.3) is 0 Å². The summed E-state index contributed by atoms with van der Waals surface area (Å²) in [6.45, 7) is 4.35. The Hall–Kier alpha value is -1.73. The summed E-state index contributed by atoms with van der Waals surface area (Å²) in [6, 6.07) is 2.26. The van der Waals surface area contributed by atoms with Gasteiger partial charge in [0.15, 0.2) is 0 Å². The summed E-state index contributed by atoms with van der Waals surface area (Å²) in [4.78, 5) is 20.4. The van der Waals surface area contributed by atoms with Crippen LogP contribution in [-0.4, -0.2) is 44.2 Å². The van der Waals surface area contributed by atoms with Crippen LogP contribution in [0.4, 0.5) is 0 Å². The number of carbonyl (C=O) groups is 1. The monoisotopic (exact) mass is 331 g/mol. The molecule has 0 spiro atoms. The normalized spacial score (nSPS) is 21.6. The van der Waals surface area contributed by atoms with E-state index in [2.05, 4.69) is 26.8 Å². The van der Waals surface area contributed by atoms with Gasteiger partial charge in [0.1, 0.15) is 12.2 Å². The molecule has 23 heavy (non-hydrogen) atoms. The van der Waals surface area contributed by atoms with Crippen molar-refractivity contribution in [1.82, 2.24) is 25.0 Å². The van der Waals surface area contributed by atoms with Gasteiger partial charge in [0.05, 0.1) is 12.6 Å². The highest BCUT2D eigenvalue weighted by Crippen LogP contribution is 2.24. The molecular weight excluding hydrogens is 310 g/mol. The largest absolute Gasteiger partial charge is 0.337 e. The van der Waals surface area contributed by atoms with Crippen molar-refractivity contribution in [3.8, 4) is 0 Å². The number of hydrogen-bond acceptors (Lipinski definition) is 5. The number of thiophene rings is 1. The van der Waals surface area contributed by atoms with E-state index in [0.29, 0.717) is 0 Å². The number of hydrogen-bond donors (Lipinski definition) is 1. The van der Waals surface area contributed by atoms with Gasteiger partial charge in [-0.25, -0.2) is 9.67 Å². The maximum Gasteiger partial charge on any atom is 0.239 e. The second-order valence-corrected chi connectivity index (χ2v) is 7.36. The summed E-state index contributed by atoms with van der Waals surface area (Å²) in [5.74, 6) is 1.24. The Balaban J connectivity index is 1.36. The maximum atomic E-state index is 12.7. The molecule has 0 saturated heterocycles. The summed E-state index contributed by atoms with van der Waals surface area (Å²) < 4.78 is 1.94. The fraction of sp³-hybridized carbons (Fsp3) is 0.562. The van der Waals surface area contributed by atoms with Gasteiger partial charge in [-0.05, 0) is 36.8 Å². The molecule has 0 fully saturated rings. The molecule has 1 N–H and O–H groups in total. The van der Waals surface area contributed by atoms with E-state index in [1.54, 1.807) is 17.7 Å². The lowest BCUT2D eigenvalue weighted by atomic mass is 10.1. The number of nitrogens with one attached hydrogen (secondary N) is 1. The van der Waals surface area contributed by atoms with Crippen LogP contribution in [0.5, 0.6) is 0 Å². The molecule has 2 atom stereocenters. The number of aryl methyl sites for hydroxylation is 1. The maximum absolute atomic E-state index is 12.7. The summed E-state index contributed by atoms with van der Waals surface area (Å²) >= 11 is 1.80. The van der Waals surface area contributed by atoms with Crippen LogP contribution in [0.3, 0.4) is 0 Å². The Bertz CT molecular complexity index is 709. The summed E-state index contributed by atoms with van der Waals surface area (Å²) in [7, 11) is 0. The molecule has 0 radical (unpaired) electrons. The molecule has 2 aliphatic heterocycles. The molecule has 0 bridgehead atoms. The number of fused-ring (bicyclic) bond motifs is 2.